The fraction of sp³-hybridized carbons (Fsp3) is 0.0714. The lowest BCUT2D eigenvalue weighted by Gasteiger charge is -2.02. The number of ketones is 1. The predicted molar refractivity (Wildman–Crippen MR) is 68.1 cm³/mol. The third-order valence-corrected chi connectivity index (χ3v) is 2.74. The van der Waals surface area contributed by atoms with Gasteiger partial charge in [-0.2, -0.15) is 0 Å². The van der Waals surface area contributed by atoms with Crippen LogP contribution in [-0.2, 0) is 6.42 Å². The summed E-state index contributed by atoms with van der Waals surface area (Å²) in [4.78, 5) is 12.7. The number of halogens is 1. The average molecular weight is 246 g/mol. The van der Waals surface area contributed by atoms with E-state index in [2.05, 4.69) is 12.6 Å². The van der Waals surface area contributed by atoms with Crippen LogP contribution in [0.1, 0.15) is 15.9 Å². The number of carbonyl (C=O) groups is 1. The number of hydrogen-bond acceptors (Lipinski definition) is 2. The minimum atomic E-state index is -0.319. The monoisotopic (exact) mass is 246 g/mol. The van der Waals surface area contributed by atoms with Crippen LogP contribution < -0.4 is 0 Å². The minimum absolute atomic E-state index is 0.0241. The fourth-order valence-electron chi connectivity index (χ4n) is 1.58. The summed E-state index contributed by atoms with van der Waals surface area (Å²) in [5.74, 6) is -0.343. The van der Waals surface area contributed by atoms with Gasteiger partial charge in [-0.05, 0) is 29.8 Å². The summed E-state index contributed by atoms with van der Waals surface area (Å²) in [6, 6.07) is 13.1. The van der Waals surface area contributed by atoms with E-state index in [0.717, 1.165) is 4.90 Å². The summed E-state index contributed by atoms with van der Waals surface area (Å²) >= 11 is 4.15. The van der Waals surface area contributed by atoms with E-state index in [9.17, 15) is 9.18 Å². The van der Waals surface area contributed by atoms with E-state index in [4.69, 9.17) is 0 Å². The van der Waals surface area contributed by atoms with Crippen LogP contribution in [-0.4, -0.2) is 5.78 Å². The van der Waals surface area contributed by atoms with E-state index >= 15 is 0 Å². The van der Waals surface area contributed by atoms with Crippen molar-refractivity contribution >= 4 is 18.4 Å². The van der Waals surface area contributed by atoms with Crippen LogP contribution in [0, 0.1) is 5.82 Å². The van der Waals surface area contributed by atoms with Gasteiger partial charge in [-0.3, -0.25) is 4.79 Å². The maximum absolute atomic E-state index is 13.0. The summed E-state index contributed by atoms with van der Waals surface area (Å²) in [7, 11) is 0. The van der Waals surface area contributed by atoms with Crippen LogP contribution in [0.4, 0.5) is 4.39 Å². The lowest BCUT2D eigenvalue weighted by molar-refractivity contribution is 0.0993. The van der Waals surface area contributed by atoms with Crippen molar-refractivity contribution in [2.75, 3.05) is 0 Å². The van der Waals surface area contributed by atoms with E-state index in [1.165, 1.54) is 12.1 Å². The summed E-state index contributed by atoms with van der Waals surface area (Å²) in [5, 5.41) is 0. The van der Waals surface area contributed by atoms with Crippen molar-refractivity contribution in [3.63, 3.8) is 0 Å². The molecule has 0 aliphatic heterocycles. The van der Waals surface area contributed by atoms with Gasteiger partial charge in [0.05, 0.1) is 0 Å². The summed E-state index contributed by atoms with van der Waals surface area (Å²) in [6.45, 7) is 0. The van der Waals surface area contributed by atoms with Gasteiger partial charge >= 0.3 is 0 Å². The van der Waals surface area contributed by atoms with Crippen molar-refractivity contribution in [2.45, 2.75) is 11.3 Å². The van der Waals surface area contributed by atoms with Gasteiger partial charge in [-0.25, -0.2) is 4.39 Å². The number of benzene rings is 2. The molecular weight excluding hydrogens is 235 g/mol. The van der Waals surface area contributed by atoms with E-state index in [-0.39, 0.29) is 18.0 Å². The third kappa shape index (κ3) is 3.17. The zero-order valence-electron chi connectivity index (χ0n) is 9.06. The van der Waals surface area contributed by atoms with Gasteiger partial charge < -0.3 is 0 Å². The highest BCUT2D eigenvalue weighted by molar-refractivity contribution is 7.80. The first kappa shape index (κ1) is 11.9. The van der Waals surface area contributed by atoms with Crippen molar-refractivity contribution < 1.29 is 9.18 Å². The molecule has 0 N–H and O–H groups in total. The average Bonchev–Trinajstić information content (AvgIpc) is 2.29. The second-order valence-corrected chi connectivity index (χ2v) is 4.29. The number of hydrogen-bond donors (Lipinski definition) is 1. The van der Waals surface area contributed by atoms with Gasteiger partial charge in [-0.1, -0.05) is 24.3 Å². The summed E-state index contributed by atoms with van der Waals surface area (Å²) < 4.78 is 13.0. The Bertz CT molecular complexity index is 534. The second-order valence-electron chi connectivity index (χ2n) is 3.78. The van der Waals surface area contributed by atoms with E-state index in [1.807, 2.05) is 0 Å². The zero-order chi connectivity index (χ0) is 12.3. The molecule has 0 aliphatic carbocycles. The number of carbonyl (C=O) groups excluding carboxylic acids is 1. The molecule has 0 fully saturated rings. The Morgan fingerprint density at radius 2 is 1.82 bits per heavy atom. The highest BCUT2D eigenvalue weighted by atomic mass is 32.1. The van der Waals surface area contributed by atoms with Crippen molar-refractivity contribution in [1.82, 2.24) is 0 Å². The van der Waals surface area contributed by atoms with Crippen LogP contribution in [0.15, 0.2) is 53.4 Å². The highest BCUT2D eigenvalue weighted by Crippen LogP contribution is 2.12. The molecule has 0 bridgehead atoms. The van der Waals surface area contributed by atoms with Crippen LogP contribution in [0.5, 0.6) is 0 Å². The first-order chi connectivity index (χ1) is 8.15. The predicted octanol–water partition coefficient (Wildman–Crippen LogP) is 3.54. The summed E-state index contributed by atoms with van der Waals surface area (Å²) in [5.41, 5.74) is 1.30. The summed E-state index contributed by atoms with van der Waals surface area (Å²) in [6.07, 6.45) is 0.212. The van der Waals surface area contributed by atoms with Crippen molar-refractivity contribution in [2.24, 2.45) is 0 Å². The molecule has 0 saturated carbocycles. The standard InChI is InChI=1S/C14H11FOS/c15-12-3-1-2-10(8-12)9-14(16)11-4-6-13(17)7-5-11/h1-8,17H,9H2. The Kier molecular flexibility index (Phi) is 3.59. The molecule has 0 unspecified atom stereocenters. The Balaban J connectivity index is 2.14. The number of thiol groups is 1. The minimum Gasteiger partial charge on any atom is -0.294 e. The van der Waals surface area contributed by atoms with E-state index in [0.29, 0.717) is 11.1 Å². The molecule has 0 aliphatic rings. The number of rotatable bonds is 3. The Morgan fingerprint density at radius 3 is 2.47 bits per heavy atom. The van der Waals surface area contributed by atoms with Crippen LogP contribution in [0.2, 0.25) is 0 Å². The lowest BCUT2D eigenvalue weighted by Crippen LogP contribution is -2.03. The molecule has 1 nitrogen and oxygen atoms in total. The van der Waals surface area contributed by atoms with Crippen molar-refractivity contribution in [3.05, 3.63) is 65.5 Å². The van der Waals surface area contributed by atoms with Gasteiger partial charge in [0, 0.05) is 16.9 Å². The molecule has 17 heavy (non-hydrogen) atoms. The van der Waals surface area contributed by atoms with Crippen LogP contribution >= 0.6 is 12.6 Å². The Labute approximate surface area is 105 Å². The molecule has 0 spiro atoms. The smallest absolute Gasteiger partial charge is 0.167 e. The normalized spacial score (nSPS) is 10.2. The zero-order valence-corrected chi connectivity index (χ0v) is 9.95. The molecule has 2 aromatic rings. The lowest BCUT2D eigenvalue weighted by atomic mass is 10.0. The molecule has 0 saturated heterocycles. The second kappa shape index (κ2) is 5.15. The molecular formula is C14H11FOS. The van der Waals surface area contributed by atoms with Gasteiger partial charge in [-0.15, -0.1) is 12.6 Å². The molecule has 2 rings (SSSR count). The van der Waals surface area contributed by atoms with Gasteiger partial charge in [0.2, 0.25) is 0 Å². The Morgan fingerprint density at radius 1 is 1.12 bits per heavy atom. The van der Waals surface area contributed by atoms with Crippen LogP contribution in [0.3, 0.4) is 0 Å². The maximum Gasteiger partial charge on any atom is 0.167 e. The largest absolute Gasteiger partial charge is 0.294 e. The molecule has 0 aromatic heterocycles. The van der Waals surface area contributed by atoms with Gasteiger partial charge in [0.15, 0.2) is 5.78 Å². The SMILES string of the molecule is O=C(Cc1cccc(F)c1)c1ccc(S)cc1. The first-order valence-corrected chi connectivity index (χ1v) is 5.66. The van der Waals surface area contributed by atoms with Crippen molar-refractivity contribution in [1.29, 1.82) is 0 Å². The quantitative estimate of drug-likeness (QED) is 0.647. The maximum atomic E-state index is 13.0. The first-order valence-electron chi connectivity index (χ1n) is 5.22. The molecule has 0 atom stereocenters. The third-order valence-electron chi connectivity index (χ3n) is 2.44. The molecule has 2 aromatic carbocycles. The number of Topliss-reactive ketones (excluding diaryl/α,β-unsaturated/α-hetero) is 1. The Hall–Kier alpha value is -1.61. The van der Waals surface area contributed by atoms with E-state index in [1.54, 1.807) is 36.4 Å². The molecule has 0 heterocycles. The molecule has 0 radical (unpaired) electrons. The van der Waals surface area contributed by atoms with Crippen LogP contribution in [0.25, 0.3) is 0 Å². The topological polar surface area (TPSA) is 17.1 Å². The molecule has 86 valence electrons. The van der Waals surface area contributed by atoms with Gasteiger partial charge in [0.1, 0.15) is 5.82 Å². The fourth-order valence-corrected chi connectivity index (χ4v) is 1.73. The highest BCUT2D eigenvalue weighted by Gasteiger charge is 2.07. The van der Waals surface area contributed by atoms with Crippen molar-refractivity contribution in [3.8, 4) is 0 Å². The van der Waals surface area contributed by atoms with E-state index < -0.39 is 0 Å². The van der Waals surface area contributed by atoms with Gasteiger partial charge in [0.25, 0.3) is 0 Å². The molecule has 0 amide bonds. The molecule has 3 heteroatoms.